The molecule has 0 aliphatic carbocycles. The van der Waals surface area contributed by atoms with Crippen molar-refractivity contribution in [2.45, 2.75) is 19.9 Å². The largest absolute Gasteiger partial charge is 0.396 e. The second-order valence-electron chi connectivity index (χ2n) is 4.58. The van der Waals surface area contributed by atoms with Crippen molar-refractivity contribution in [3.63, 3.8) is 0 Å². The molecule has 0 saturated heterocycles. The number of nitrogens with two attached hydrogens (primary N) is 1. The summed E-state index contributed by atoms with van der Waals surface area (Å²) in [6, 6.07) is 2.50. The van der Waals surface area contributed by atoms with Crippen molar-refractivity contribution < 1.29 is 14.4 Å². The minimum atomic E-state index is -0.742. The van der Waals surface area contributed by atoms with E-state index in [-0.39, 0.29) is 17.9 Å². The summed E-state index contributed by atoms with van der Waals surface area (Å²) < 4.78 is 13.0. The van der Waals surface area contributed by atoms with Gasteiger partial charge in [-0.05, 0) is 12.1 Å². The molecule has 1 atom stereocenters. The first-order valence-electron chi connectivity index (χ1n) is 5.10. The zero-order chi connectivity index (χ0) is 13.2. The maximum absolute atomic E-state index is 13.0. The fraction of sp³-hybridized carbons (Fsp3) is 0.455. The standard InChI is InChI=1S/C11H15FN2O3/c1-11(2,6-15)10(13)8-4-3-7(12)5-9(8)14(16)17/h3-5,10,15H,6,13H2,1-2H3/t10-/m0/s1. The van der Waals surface area contributed by atoms with Crippen LogP contribution in [0.2, 0.25) is 0 Å². The minimum absolute atomic E-state index is 0.218. The van der Waals surface area contributed by atoms with Crippen molar-refractivity contribution in [3.8, 4) is 0 Å². The van der Waals surface area contributed by atoms with Crippen molar-refractivity contribution in [1.82, 2.24) is 0 Å². The molecule has 3 N–H and O–H groups in total. The van der Waals surface area contributed by atoms with Gasteiger partial charge in [-0.1, -0.05) is 13.8 Å². The number of nitro groups is 1. The Labute approximate surface area is 98.2 Å². The lowest BCUT2D eigenvalue weighted by molar-refractivity contribution is -0.386. The van der Waals surface area contributed by atoms with Crippen LogP contribution in [-0.4, -0.2) is 16.6 Å². The third-order valence-electron chi connectivity index (χ3n) is 2.77. The van der Waals surface area contributed by atoms with Crippen LogP contribution in [0.15, 0.2) is 18.2 Å². The second-order valence-corrected chi connectivity index (χ2v) is 4.58. The van der Waals surface area contributed by atoms with Crippen LogP contribution >= 0.6 is 0 Å². The Morgan fingerprint density at radius 3 is 2.65 bits per heavy atom. The maximum Gasteiger partial charge on any atom is 0.277 e. The average molecular weight is 242 g/mol. The summed E-state index contributed by atoms with van der Waals surface area (Å²) in [7, 11) is 0. The Kier molecular flexibility index (Phi) is 3.79. The third kappa shape index (κ3) is 2.78. The molecule has 17 heavy (non-hydrogen) atoms. The Bertz CT molecular complexity index is 435. The van der Waals surface area contributed by atoms with Gasteiger partial charge in [-0.15, -0.1) is 0 Å². The third-order valence-corrected chi connectivity index (χ3v) is 2.77. The highest BCUT2D eigenvalue weighted by Gasteiger charge is 2.32. The number of nitrogens with zero attached hydrogens (tertiary/aromatic N) is 1. The quantitative estimate of drug-likeness (QED) is 0.621. The lowest BCUT2D eigenvalue weighted by Gasteiger charge is -2.29. The number of nitro benzene ring substituents is 1. The van der Waals surface area contributed by atoms with E-state index in [4.69, 9.17) is 5.73 Å². The van der Waals surface area contributed by atoms with Gasteiger partial charge in [-0.2, -0.15) is 0 Å². The zero-order valence-electron chi connectivity index (χ0n) is 9.68. The topological polar surface area (TPSA) is 89.4 Å². The van der Waals surface area contributed by atoms with E-state index in [9.17, 15) is 19.6 Å². The van der Waals surface area contributed by atoms with Crippen LogP contribution in [-0.2, 0) is 0 Å². The van der Waals surface area contributed by atoms with Gasteiger partial charge in [0.25, 0.3) is 5.69 Å². The number of rotatable bonds is 4. The molecular formula is C11H15FN2O3. The summed E-state index contributed by atoms with van der Waals surface area (Å²) in [4.78, 5) is 10.1. The van der Waals surface area contributed by atoms with E-state index in [1.807, 2.05) is 0 Å². The van der Waals surface area contributed by atoms with Gasteiger partial charge in [0.05, 0.1) is 11.0 Å². The van der Waals surface area contributed by atoms with Crippen molar-refractivity contribution in [1.29, 1.82) is 0 Å². The Morgan fingerprint density at radius 2 is 2.18 bits per heavy atom. The molecule has 1 rings (SSSR count). The Hall–Kier alpha value is -1.53. The summed E-state index contributed by atoms with van der Waals surface area (Å²) in [6.07, 6.45) is 0. The summed E-state index contributed by atoms with van der Waals surface area (Å²) in [5.74, 6) is -0.686. The summed E-state index contributed by atoms with van der Waals surface area (Å²) in [5, 5.41) is 20.0. The molecule has 0 aromatic heterocycles. The summed E-state index contributed by atoms with van der Waals surface area (Å²) >= 11 is 0. The Balaban J connectivity index is 3.26. The van der Waals surface area contributed by atoms with Gasteiger partial charge in [0.1, 0.15) is 5.82 Å². The maximum atomic E-state index is 13.0. The number of hydrogen-bond acceptors (Lipinski definition) is 4. The van der Waals surface area contributed by atoms with E-state index in [1.54, 1.807) is 13.8 Å². The van der Waals surface area contributed by atoms with Crippen LogP contribution in [0.25, 0.3) is 0 Å². The number of hydrogen-bond donors (Lipinski definition) is 2. The first-order valence-corrected chi connectivity index (χ1v) is 5.10. The lowest BCUT2D eigenvalue weighted by Crippen LogP contribution is -2.32. The smallest absolute Gasteiger partial charge is 0.277 e. The van der Waals surface area contributed by atoms with Crippen LogP contribution in [0.5, 0.6) is 0 Å². The zero-order valence-corrected chi connectivity index (χ0v) is 9.68. The fourth-order valence-corrected chi connectivity index (χ4v) is 1.46. The van der Waals surface area contributed by atoms with Gasteiger partial charge in [-0.25, -0.2) is 4.39 Å². The van der Waals surface area contributed by atoms with Gasteiger partial charge in [0.2, 0.25) is 0 Å². The predicted octanol–water partition coefficient (Wildman–Crippen LogP) is 1.75. The average Bonchev–Trinajstić information content (AvgIpc) is 2.28. The predicted molar refractivity (Wildman–Crippen MR) is 60.8 cm³/mol. The molecule has 1 aromatic rings. The summed E-state index contributed by atoms with van der Waals surface area (Å²) in [6.45, 7) is 3.15. The molecule has 5 nitrogen and oxygen atoms in total. The van der Waals surface area contributed by atoms with Crippen LogP contribution in [0.3, 0.4) is 0 Å². The SMILES string of the molecule is CC(C)(CO)[C@@H](N)c1ccc(F)cc1[N+](=O)[O-]. The molecule has 94 valence electrons. The van der Waals surface area contributed by atoms with E-state index in [2.05, 4.69) is 0 Å². The van der Waals surface area contributed by atoms with Gasteiger partial charge >= 0.3 is 0 Å². The number of halogens is 1. The van der Waals surface area contributed by atoms with Gasteiger partial charge < -0.3 is 10.8 Å². The molecule has 0 amide bonds. The molecule has 0 radical (unpaired) electrons. The number of aliphatic hydroxyl groups excluding tert-OH is 1. The Morgan fingerprint density at radius 1 is 1.59 bits per heavy atom. The molecule has 1 aromatic carbocycles. The summed E-state index contributed by atoms with van der Waals surface area (Å²) in [5.41, 5.74) is 5.02. The van der Waals surface area contributed by atoms with Gasteiger partial charge in [0.15, 0.2) is 0 Å². The van der Waals surface area contributed by atoms with Crippen molar-refractivity contribution in [3.05, 3.63) is 39.7 Å². The first kappa shape index (κ1) is 13.5. The minimum Gasteiger partial charge on any atom is -0.396 e. The van der Waals surface area contributed by atoms with Crippen molar-refractivity contribution >= 4 is 5.69 Å². The molecule has 6 heteroatoms. The van der Waals surface area contributed by atoms with Crippen LogP contribution < -0.4 is 5.73 Å². The molecule has 0 aliphatic heterocycles. The van der Waals surface area contributed by atoms with E-state index < -0.39 is 22.2 Å². The molecule has 0 spiro atoms. The molecular weight excluding hydrogens is 227 g/mol. The van der Waals surface area contributed by atoms with Crippen LogP contribution in [0.4, 0.5) is 10.1 Å². The monoisotopic (exact) mass is 242 g/mol. The normalized spacial score (nSPS) is 13.5. The highest BCUT2D eigenvalue weighted by molar-refractivity contribution is 5.43. The molecule has 0 bridgehead atoms. The van der Waals surface area contributed by atoms with Crippen molar-refractivity contribution in [2.75, 3.05) is 6.61 Å². The highest BCUT2D eigenvalue weighted by Crippen LogP contribution is 2.35. The molecule has 0 heterocycles. The highest BCUT2D eigenvalue weighted by atomic mass is 19.1. The molecule has 0 saturated carbocycles. The number of aliphatic hydroxyl groups is 1. The molecule has 0 aliphatic rings. The van der Waals surface area contributed by atoms with E-state index >= 15 is 0 Å². The first-order chi connectivity index (χ1) is 7.79. The second kappa shape index (κ2) is 4.77. The molecule has 0 unspecified atom stereocenters. The lowest BCUT2D eigenvalue weighted by atomic mass is 9.81. The van der Waals surface area contributed by atoms with Crippen LogP contribution in [0, 0.1) is 21.3 Å². The van der Waals surface area contributed by atoms with E-state index in [0.717, 1.165) is 12.1 Å². The molecule has 0 fully saturated rings. The van der Waals surface area contributed by atoms with Gasteiger partial charge in [-0.3, -0.25) is 10.1 Å². The van der Waals surface area contributed by atoms with Crippen molar-refractivity contribution in [2.24, 2.45) is 11.1 Å². The fourth-order valence-electron chi connectivity index (χ4n) is 1.46. The van der Waals surface area contributed by atoms with E-state index in [1.165, 1.54) is 6.07 Å². The van der Waals surface area contributed by atoms with Crippen LogP contribution in [0.1, 0.15) is 25.5 Å². The van der Waals surface area contributed by atoms with Gasteiger partial charge in [0, 0.05) is 23.6 Å². The number of benzene rings is 1. The van der Waals surface area contributed by atoms with E-state index in [0.29, 0.717) is 0 Å².